The van der Waals surface area contributed by atoms with E-state index in [-0.39, 0.29) is 24.0 Å². The number of rotatable bonds is 1. The molecule has 0 radical (unpaired) electrons. The number of carboxylic acids is 1. The lowest BCUT2D eigenvalue weighted by molar-refractivity contribution is -0.143. The number of urea groups is 1. The van der Waals surface area contributed by atoms with Gasteiger partial charge in [-0.2, -0.15) is 0 Å². The second kappa shape index (κ2) is 2.90. The summed E-state index contributed by atoms with van der Waals surface area (Å²) in [5.41, 5.74) is 0. The van der Waals surface area contributed by atoms with Crippen LogP contribution < -0.4 is 10.6 Å². The molecule has 1 saturated carbocycles. The van der Waals surface area contributed by atoms with E-state index < -0.39 is 5.97 Å². The third kappa shape index (κ3) is 1.46. The first-order valence-corrected chi connectivity index (χ1v) is 4.46. The fraction of sp³-hybridized carbons (Fsp3) is 0.750. The lowest BCUT2D eigenvalue weighted by Gasteiger charge is -2.27. The van der Waals surface area contributed by atoms with Crippen LogP contribution in [0.3, 0.4) is 0 Å². The van der Waals surface area contributed by atoms with E-state index in [9.17, 15) is 9.59 Å². The summed E-state index contributed by atoms with van der Waals surface area (Å²) in [5, 5.41) is 14.3. The van der Waals surface area contributed by atoms with Crippen molar-refractivity contribution in [1.82, 2.24) is 10.6 Å². The van der Waals surface area contributed by atoms with Crippen LogP contribution >= 0.6 is 0 Å². The summed E-state index contributed by atoms with van der Waals surface area (Å²) < 4.78 is 0. The van der Waals surface area contributed by atoms with Gasteiger partial charge in [0.15, 0.2) is 0 Å². The van der Waals surface area contributed by atoms with E-state index in [0.29, 0.717) is 12.8 Å². The zero-order chi connectivity index (χ0) is 9.42. The summed E-state index contributed by atoms with van der Waals surface area (Å²) in [6.07, 6.45) is 1.98. The molecule has 2 amide bonds. The van der Waals surface area contributed by atoms with Gasteiger partial charge in [0.05, 0.1) is 18.0 Å². The van der Waals surface area contributed by atoms with E-state index in [2.05, 4.69) is 10.6 Å². The lowest BCUT2D eigenvalue weighted by atomic mass is 9.83. The van der Waals surface area contributed by atoms with Gasteiger partial charge in [0, 0.05) is 0 Å². The predicted octanol–water partition coefficient (Wildman–Crippen LogP) is -0.0789. The molecule has 3 atom stereocenters. The van der Waals surface area contributed by atoms with E-state index >= 15 is 0 Å². The number of carbonyl (C=O) groups is 2. The Hall–Kier alpha value is -1.26. The van der Waals surface area contributed by atoms with Crippen molar-refractivity contribution >= 4 is 12.0 Å². The Morgan fingerprint density at radius 3 is 2.69 bits per heavy atom. The largest absolute Gasteiger partial charge is 0.481 e. The third-order valence-corrected chi connectivity index (χ3v) is 2.83. The molecule has 5 heteroatoms. The quantitative estimate of drug-likeness (QED) is 0.533. The molecule has 1 aliphatic carbocycles. The highest BCUT2D eigenvalue weighted by molar-refractivity contribution is 5.78. The van der Waals surface area contributed by atoms with Crippen molar-refractivity contribution in [2.45, 2.75) is 31.3 Å². The van der Waals surface area contributed by atoms with Gasteiger partial charge in [0.25, 0.3) is 0 Å². The molecule has 2 rings (SSSR count). The Morgan fingerprint density at radius 2 is 2.00 bits per heavy atom. The highest BCUT2D eigenvalue weighted by Gasteiger charge is 2.39. The van der Waals surface area contributed by atoms with Gasteiger partial charge in [-0.25, -0.2) is 4.79 Å². The number of aliphatic carboxylic acids is 1. The van der Waals surface area contributed by atoms with Gasteiger partial charge >= 0.3 is 12.0 Å². The topological polar surface area (TPSA) is 78.4 Å². The van der Waals surface area contributed by atoms with Crippen LogP contribution in [0.15, 0.2) is 0 Å². The summed E-state index contributed by atoms with van der Waals surface area (Å²) in [6, 6.07) is -0.00788. The minimum atomic E-state index is -0.750. The first kappa shape index (κ1) is 8.34. The highest BCUT2D eigenvalue weighted by atomic mass is 16.4. The van der Waals surface area contributed by atoms with Crippen molar-refractivity contribution in [3.63, 3.8) is 0 Å². The van der Waals surface area contributed by atoms with Crippen LogP contribution in [-0.2, 0) is 4.79 Å². The van der Waals surface area contributed by atoms with Crippen LogP contribution in [0.1, 0.15) is 19.3 Å². The predicted molar refractivity (Wildman–Crippen MR) is 44.2 cm³/mol. The van der Waals surface area contributed by atoms with Gasteiger partial charge in [-0.1, -0.05) is 0 Å². The molecule has 1 saturated heterocycles. The van der Waals surface area contributed by atoms with Gasteiger partial charge in [0.1, 0.15) is 0 Å². The Bertz CT molecular complexity index is 254. The number of hydrogen-bond acceptors (Lipinski definition) is 2. The maximum absolute atomic E-state index is 10.9. The molecule has 2 aliphatic rings. The van der Waals surface area contributed by atoms with E-state index in [1.807, 2.05) is 0 Å². The van der Waals surface area contributed by atoms with E-state index in [0.717, 1.165) is 6.42 Å². The second-order valence-electron chi connectivity index (χ2n) is 3.68. The van der Waals surface area contributed by atoms with Crippen molar-refractivity contribution in [2.75, 3.05) is 0 Å². The first-order valence-electron chi connectivity index (χ1n) is 4.46. The Kier molecular flexibility index (Phi) is 1.86. The number of carboxylic acid groups (broad SMARTS) is 1. The molecule has 0 bridgehead atoms. The van der Waals surface area contributed by atoms with Gasteiger partial charge in [-0.3, -0.25) is 4.79 Å². The van der Waals surface area contributed by atoms with Gasteiger partial charge in [0.2, 0.25) is 0 Å². The average Bonchev–Trinajstić information content (AvgIpc) is 2.42. The van der Waals surface area contributed by atoms with Gasteiger partial charge in [-0.05, 0) is 19.3 Å². The van der Waals surface area contributed by atoms with E-state index in [1.54, 1.807) is 0 Å². The molecule has 0 aromatic carbocycles. The molecule has 13 heavy (non-hydrogen) atoms. The normalized spacial score (nSPS) is 37.5. The van der Waals surface area contributed by atoms with Crippen LogP contribution in [0.5, 0.6) is 0 Å². The summed E-state index contributed by atoms with van der Waals surface area (Å²) in [4.78, 5) is 21.6. The molecule has 5 nitrogen and oxygen atoms in total. The molecule has 1 heterocycles. The third-order valence-electron chi connectivity index (χ3n) is 2.83. The lowest BCUT2D eigenvalue weighted by Crippen LogP contribution is -2.41. The highest BCUT2D eigenvalue weighted by Crippen LogP contribution is 2.26. The zero-order valence-electron chi connectivity index (χ0n) is 7.12. The fourth-order valence-corrected chi connectivity index (χ4v) is 2.11. The Labute approximate surface area is 75.5 Å². The van der Waals surface area contributed by atoms with Crippen LogP contribution in [0, 0.1) is 5.92 Å². The molecule has 2 fully saturated rings. The maximum Gasteiger partial charge on any atom is 0.315 e. The Balaban J connectivity index is 2.01. The van der Waals surface area contributed by atoms with E-state index in [1.165, 1.54) is 0 Å². The zero-order valence-corrected chi connectivity index (χ0v) is 7.12. The van der Waals surface area contributed by atoms with Crippen LogP contribution in [0.25, 0.3) is 0 Å². The van der Waals surface area contributed by atoms with Crippen LogP contribution in [-0.4, -0.2) is 29.2 Å². The van der Waals surface area contributed by atoms with Crippen molar-refractivity contribution in [1.29, 1.82) is 0 Å². The molecule has 1 aliphatic heterocycles. The fourth-order valence-electron chi connectivity index (χ4n) is 2.11. The first-order chi connectivity index (χ1) is 6.16. The molecule has 0 aromatic rings. The smallest absolute Gasteiger partial charge is 0.315 e. The maximum atomic E-state index is 10.9. The van der Waals surface area contributed by atoms with E-state index in [4.69, 9.17) is 5.11 Å². The summed E-state index contributed by atoms with van der Waals surface area (Å²) in [7, 11) is 0. The number of nitrogens with one attached hydrogen (secondary N) is 2. The average molecular weight is 184 g/mol. The number of hydrogen-bond donors (Lipinski definition) is 3. The monoisotopic (exact) mass is 184 g/mol. The molecular formula is C8H12N2O3. The Morgan fingerprint density at radius 1 is 1.31 bits per heavy atom. The van der Waals surface area contributed by atoms with Crippen molar-refractivity contribution < 1.29 is 14.7 Å². The summed E-state index contributed by atoms with van der Waals surface area (Å²) in [6.45, 7) is 0. The molecular weight excluding hydrogens is 172 g/mol. The van der Waals surface area contributed by atoms with Gasteiger partial charge in [-0.15, -0.1) is 0 Å². The van der Waals surface area contributed by atoms with Gasteiger partial charge < -0.3 is 15.7 Å². The molecule has 0 aromatic heterocycles. The summed E-state index contributed by atoms with van der Waals surface area (Å²) in [5.74, 6) is -1.04. The molecule has 3 N–H and O–H groups in total. The van der Waals surface area contributed by atoms with Crippen LogP contribution in [0.4, 0.5) is 4.79 Å². The number of fused-ring (bicyclic) bond motifs is 1. The van der Waals surface area contributed by atoms with Crippen LogP contribution in [0.2, 0.25) is 0 Å². The SMILES string of the molecule is O=C1N[C@H]2CC[C@H](C(=O)O)C[C@H]2N1. The summed E-state index contributed by atoms with van der Waals surface area (Å²) >= 11 is 0. The van der Waals surface area contributed by atoms with Crippen molar-refractivity contribution in [3.05, 3.63) is 0 Å². The molecule has 72 valence electrons. The molecule has 0 spiro atoms. The number of carbonyl (C=O) groups excluding carboxylic acids is 1. The number of amides is 2. The van der Waals surface area contributed by atoms with Crippen molar-refractivity contribution in [3.8, 4) is 0 Å². The minimum Gasteiger partial charge on any atom is -0.481 e. The molecule has 0 unspecified atom stereocenters. The minimum absolute atomic E-state index is 0.0161. The standard InChI is InChI=1S/C8H12N2O3/c11-7(12)4-1-2-5-6(3-4)10-8(13)9-5/h4-6H,1-3H2,(H,11,12)(H2,9,10,13)/t4-,5-,6+/m0/s1. The van der Waals surface area contributed by atoms with Crippen molar-refractivity contribution in [2.24, 2.45) is 5.92 Å². The second-order valence-corrected chi connectivity index (χ2v) is 3.68.